The molecule has 1 fully saturated rings. The number of nitrogens with zero attached hydrogens (tertiary/aromatic N) is 2. The summed E-state index contributed by atoms with van der Waals surface area (Å²) < 4.78 is 18.6. The number of hydrogen-bond donors (Lipinski definition) is 4. The van der Waals surface area contributed by atoms with E-state index in [0.717, 1.165) is 4.57 Å². The summed E-state index contributed by atoms with van der Waals surface area (Å²) in [6.07, 6.45) is -2.42. The minimum absolute atomic E-state index is 0.00553. The van der Waals surface area contributed by atoms with Gasteiger partial charge in [-0.15, -0.1) is 0 Å². The van der Waals surface area contributed by atoms with Gasteiger partial charge in [-0.2, -0.15) is 4.98 Å². The molecule has 8 nitrogen and oxygen atoms in total. The fourth-order valence-electron chi connectivity index (χ4n) is 2.17. The van der Waals surface area contributed by atoms with Crippen LogP contribution in [0.25, 0.3) is 0 Å². The van der Waals surface area contributed by atoms with Gasteiger partial charge in [0.05, 0.1) is 6.61 Å². The zero-order valence-corrected chi connectivity index (χ0v) is 10.9. The van der Waals surface area contributed by atoms with E-state index in [1.165, 1.54) is 12.3 Å². The number of rotatable bonds is 2. The fraction of sp³-hybridized carbons (Fsp3) is 0.500. The molecule has 1 saturated heterocycles. The third kappa shape index (κ3) is 2.62. The molecular formula is C12H15FN4O4. The van der Waals surface area contributed by atoms with Crippen molar-refractivity contribution >= 4 is 5.82 Å². The molecule has 2 rings (SSSR count). The minimum atomic E-state index is -1.76. The Morgan fingerprint density at radius 1 is 1.62 bits per heavy atom. The number of ether oxygens (including phenoxy) is 1. The highest BCUT2D eigenvalue weighted by Gasteiger charge is 2.54. The molecule has 1 unspecified atom stereocenters. The smallest absolute Gasteiger partial charge is 0.351 e. The Kier molecular flexibility index (Phi) is 4.24. The molecule has 9 heteroatoms. The Morgan fingerprint density at radius 2 is 2.33 bits per heavy atom. The molecule has 114 valence electrons. The van der Waals surface area contributed by atoms with E-state index in [1.807, 2.05) is 0 Å². The van der Waals surface area contributed by atoms with E-state index < -0.39 is 42.9 Å². The summed E-state index contributed by atoms with van der Waals surface area (Å²) in [6, 6.07) is 1.34. The number of halogens is 1. The molecule has 0 bridgehead atoms. The molecule has 0 saturated carbocycles. The van der Waals surface area contributed by atoms with E-state index in [1.54, 1.807) is 0 Å². The first-order valence-corrected chi connectivity index (χ1v) is 6.08. The number of aliphatic hydroxyl groups is 2. The van der Waals surface area contributed by atoms with E-state index in [2.05, 4.69) is 16.8 Å². The molecule has 0 amide bonds. The molecule has 1 aromatic heterocycles. The van der Waals surface area contributed by atoms with Crippen LogP contribution in [0, 0.1) is 11.8 Å². The second-order valence-corrected chi connectivity index (χ2v) is 4.56. The Balaban J connectivity index is 2.51. The van der Waals surface area contributed by atoms with Crippen LogP contribution >= 0.6 is 0 Å². The molecular weight excluding hydrogens is 283 g/mol. The van der Waals surface area contributed by atoms with Crippen LogP contribution in [0.5, 0.6) is 0 Å². The van der Waals surface area contributed by atoms with Crippen molar-refractivity contribution in [2.75, 3.05) is 19.0 Å². The highest BCUT2D eigenvalue weighted by molar-refractivity contribution is 5.28. The maximum atomic E-state index is 12.3. The summed E-state index contributed by atoms with van der Waals surface area (Å²) in [5.41, 5.74) is 8.86. The maximum absolute atomic E-state index is 12.3. The third-order valence-electron chi connectivity index (χ3n) is 3.21. The van der Waals surface area contributed by atoms with Crippen LogP contribution in [-0.4, -0.2) is 50.8 Å². The molecule has 0 spiro atoms. The predicted octanol–water partition coefficient (Wildman–Crippen LogP) is -2.25. The van der Waals surface area contributed by atoms with Gasteiger partial charge in [0.1, 0.15) is 24.7 Å². The number of hydrogen-bond acceptors (Lipinski definition) is 7. The molecule has 0 radical (unpaired) electrons. The Morgan fingerprint density at radius 3 is 2.90 bits per heavy atom. The quantitative estimate of drug-likeness (QED) is 0.452. The van der Waals surface area contributed by atoms with Crippen molar-refractivity contribution in [3.05, 3.63) is 22.7 Å². The van der Waals surface area contributed by atoms with E-state index in [-0.39, 0.29) is 5.82 Å². The molecule has 1 aromatic rings. The van der Waals surface area contributed by atoms with Gasteiger partial charge >= 0.3 is 5.69 Å². The lowest BCUT2D eigenvalue weighted by Crippen LogP contribution is -2.55. The third-order valence-corrected chi connectivity index (χ3v) is 3.21. The zero-order valence-electron chi connectivity index (χ0n) is 10.9. The standard InChI is InChI=1S/C12H15FN4O4/c13-4-1-3-12(15)9(19)7(6-18)21-10(12)17-5-2-8(14)16-11(17)20/h2,5,7,9-10,18-19H,4,6,15H2,(H2,14,16,20)/t7-,9+,10-,12?/m1/s1. The number of aromatic nitrogens is 2. The maximum Gasteiger partial charge on any atom is 0.351 e. The van der Waals surface area contributed by atoms with E-state index >= 15 is 0 Å². The molecule has 2 heterocycles. The van der Waals surface area contributed by atoms with Crippen molar-refractivity contribution in [2.24, 2.45) is 5.73 Å². The molecule has 6 N–H and O–H groups in total. The minimum Gasteiger partial charge on any atom is -0.394 e. The fourth-order valence-corrected chi connectivity index (χ4v) is 2.17. The highest BCUT2D eigenvalue weighted by Crippen LogP contribution is 2.35. The first kappa shape index (κ1) is 15.4. The molecule has 0 aromatic carbocycles. The number of aliphatic hydroxyl groups excluding tert-OH is 2. The van der Waals surface area contributed by atoms with Crippen molar-refractivity contribution in [3.63, 3.8) is 0 Å². The van der Waals surface area contributed by atoms with Crippen molar-refractivity contribution < 1.29 is 19.3 Å². The molecule has 0 aliphatic carbocycles. The van der Waals surface area contributed by atoms with Crippen LogP contribution in [-0.2, 0) is 4.74 Å². The number of alkyl halides is 1. The van der Waals surface area contributed by atoms with Crippen LogP contribution in [0.1, 0.15) is 6.23 Å². The Labute approximate surface area is 119 Å². The lowest BCUT2D eigenvalue weighted by atomic mass is 9.91. The van der Waals surface area contributed by atoms with Gasteiger partial charge in [-0.05, 0) is 6.07 Å². The van der Waals surface area contributed by atoms with E-state index in [0.29, 0.717) is 0 Å². The predicted molar refractivity (Wildman–Crippen MR) is 70.6 cm³/mol. The van der Waals surface area contributed by atoms with Crippen LogP contribution in [0.3, 0.4) is 0 Å². The topological polar surface area (TPSA) is 137 Å². The van der Waals surface area contributed by atoms with Crippen LogP contribution in [0.4, 0.5) is 10.2 Å². The molecule has 1 aliphatic rings. The monoisotopic (exact) mass is 298 g/mol. The summed E-state index contributed by atoms with van der Waals surface area (Å²) in [7, 11) is 0. The average Bonchev–Trinajstić information content (AvgIpc) is 2.70. The lowest BCUT2D eigenvalue weighted by molar-refractivity contribution is -0.0476. The van der Waals surface area contributed by atoms with Crippen LogP contribution in [0.2, 0.25) is 0 Å². The summed E-state index contributed by atoms with van der Waals surface area (Å²) in [4.78, 5) is 15.4. The van der Waals surface area contributed by atoms with Gasteiger partial charge in [0.15, 0.2) is 11.8 Å². The summed E-state index contributed by atoms with van der Waals surface area (Å²) in [5.74, 6) is 4.48. The Hall–Kier alpha value is -1.99. The molecule has 1 aliphatic heterocycles. The van der Waals surface area contributed by atoms with Gasteiger partial charge in [0.25, 0.3) is 0 Å². The largest absolute Gasteiger partial charge is 0.394 e. The summed E-state index contributed by atoms with van der Waals surface area (Å²) in [5, 5.41) is 19.3. The van der Waals surface area contributed by atoms with Gasteiger partial charge in [-0.1, -0.05) is 11.8 Å². The summed E-state index contributed by atoms with van der Waals surface area (Å²) >= 11 is 0. The van der Waals surface area contributed by atoms with Crippen molar-refractivity contribution in [1.29, 1.82) is 0 Å². The first-order chi connectivity index (χ1) is 9.93. The van der Waals surface area contributed by atoms with Crippen molar-refractivity contribution in [3.8, 4) is 11.8 Å². The summed E-state index contributed by atoms with van der Waals surface area (Å²) in [6.45, 7) is -1.51. The van der Waals surface area contributed by atoms with E-state index in [9.17, 15) is 19.4 Å². The molecule has 4 atom stereocenters. The van der Waals surface area contributed by atoms with Crippen LogP contribution in [0.15, 0.2) is 17.1 Å². The first-order valence-electron chi connectivity index (χ1n) is 6.08. The molecule has 21 heavy (non-hydrogen) atoms. The SMILES string of the molecule is Nc1ccn([C@@H]2O[C@H](CO)[C@H](O)C2(N)C#CCF)c(=O)n1. The van der Waals surface area contributed by atoms with Crippen LogP contribution < -0.4 is 17.2 Å². The normalized spacial score (nSPS) is 31.7. The second-order valence-electron chi connectivity index (χ2n) is 4.56. The van der Waals surface area contributed by atoms with Crippen molar-refractivity contribution in [1.82, 2.24) is 9.55 Å². The average molecular weight is 298 g/mol. The lowest BCUT2D eigenvalue weighted by Gasteiger charge is -2.27. The number of nitrogens with two attached hydrogens (primary N) is 2. The van der Waals surface area contributed by atoms with Gasteiger partial charge < -0.3 is 26.4 Å². The number of nitrogen functional groups attached to an aromatic ring is 1. The van der Waals surface area contributed by atoms with E-state index in [4.69, 9.17) is 16.2 Å². The van der Waals surface area contributed by atoms with Crippen molar-refractivity contribution in [2.45, 2.75) is 24.0 Å². The van der Waals surface area contributed by atoms with Gasteiger partial charge in [0, 0.05) is 6.20 Å². The van der Waals surface area contributed by atoms with Gasteiger partial charge in [-0.3, -0.25) is 4.57 Å². The van der Waals surface area contributed by atoms with Gasteiger partial charge in [0.2, 0.25) is 0 Å². The number of anilines is 1. The zero-order chi connectivity index (χ0) is 15.6. The van der Waals surface area contributed by atoms with Gasteiger partial charge in [-0.25, -0.2) is 9.18 Å². The second kappa shape index (κ2) is 5.79. The highest BCUT2D eigenvalue weighted by atomic mass is 19.1. The Bertz CT molecular complexity index is 640.